The van der Waals surface area contributed by atoms with Crippen LogP contribution >= 0.6 is 11.3 Å². The third-order valence-corrected chi connectivity index (χ3v) is 4.52. The molecule has 0 aliphatic heterocycles. The van der Waals surface area contributed by atoms with Gasteiger partial charge in [-0.1, -0.05) is 55.4 Å². The number of unbranched alkanes of at least 4 members (excludes halogenated alkanes) is 2. The third-order valence-electron chi connectivity index (χ3n) is 3.57. The second-order valence-corrected chi connectivity index (χ2v) is 6.08. The van der Waals surface area contributed by atoms with E-state index >= 15 is 0 Å². The van der Waals surface area contributed by atoms with Gasteiger partial charge in [0.05, 0.1) is 11.9 Å². The Hall–Kier alpha value is -1.68. The van der Waals surface area contributed by atoms with Crippen molar-refractivity contribution in [3.05, 3.63) is 41.7 Å². The molecule has 0 aliphatic rings. The smallest absolute Gasteiger partial charge is 0.212 e. The standard InChI is InChI=1S/C16H19N3S/c1-3-4-5-9-13-11-17-16-19(13)18-15(20-16)14-10-7-6-8-12(14)2/h6-8,10-11H,3-5,9H2,1-2H3. The number of fused-ring (bicyclic) bond motifs is 1. The number of rotatable bonds is 5. The highest BCUT2D eigenvalue weighted by Gasteiger charge is 2.12. The molecule has 0 aliphatic carbocycles. The van der Waals surface area contributed by atoms with Gasteiger partial charge < -0.3 is 0 Å². The SMILES string of the molecule is CCCCCc1cnc2sc(-c3ccccc3C)nn12. The molecule has 0 atom stereocenters. The van der Waals surface area contributed by atoms with Gasteiger partial charge in [0.1, 0.15) is 5.01 Å². The first-order valence-corrected chi connectivity index (χ1v) is 8.00. The zero-order valence-corrected chi connectivity index (χ0v) is 12.8. The Morgan fingerprint density at radius 1 is 1.20 bits per heavy atom. The maximum absolute atomic E-state index is 4.76. The van der Waals surface area contributed by atoms with Crippen LogP contribution in [-0.2, 0) is 6.42 Å². The Kier molecular flexibility index (Phi) is 3.83. The topological polar surface area (TPSA) is 30.2 Å². The van der Waals surface area contributed by atoms with Crippen LogP contribution < -0.4 is 0 Å². The molecule has 104 valence electrons. The zero-order valence-electron chi connectivity index (χ0n) is 12.0. The molecule has 0 saturated heterocycles. The van der Waals surface area contributed by atoms with E-state index in [0.717, 1.165) is 16.4 Å². The van der Waals surface area contributed by atoms with Gasteiger partial charge in [0.25, 0.3) is 0 Å². The van der Waals surface area contributed by atoms with E-state index in [2.05, 4.69) is 43.1 Å². The van der Waals surface area contributed by atoms with Crippen LogP contribution in [0, 0.1) is 6.92 Å². The second kappa shape index (κ2) is 5.75. The van der Waals surface area contributed by atoms with Crippen LogP contribution in [0.25, 0.3) is 15.5 Å². The van der Waals surface area contributed by atoms with E-state index in [4.69, 9.17) is 5.10 Å². The van der Waals surface area contributed by atoms with Crippen LogP contribution in [0.1, 0.15) is 37.4 Å². The van der Waals surface area contributed by atoms with Crippen molar-refractivity contribution in [1.29, 1.82) is 0 Å². The Morgan fingerprint density at radius 3 is 2.85 bits per heavy atom. The molecule has 2 aromatic heterocycles. The average molecular weight is 285 g/mol. The fraction of sp³-hybridized carbons (Fsp3) is 0.375. The van der Waals surface area contributed by atoms with Crippen molar-refractivity contribution in [2.45, 2.75) is 39.5 Å². The third kappa shape index (κ3) is 2.48. The minimum Gasteiger partial charge on any atom is -0.226 e. The quantitative estimate of drug-likeness (QED) is 0.646. The fourth-order valence-corrected chi connectivity index (χ4v) is 3.37. The Balaban J connectivity index is 1.93. The first-order chi connectivity index (χ1) is 9.79. The molecule has 0 amide bonds. The summed E-state index contributed by atoms with van der Waals surface area (Å²) in [5, 5.41) is 5.81. The van der Waals surface area contributed by atoms with Crippen LogP contribution in [0.5, 0.6) is 0 Å². The second-order valence-electron chi connectivity index (χ2n) is 5.12. The molecule has 0 N–H and O–H groups in total. The van der Waals surface area contributed by atoms with Gasteiger partial charge >= 0.3 is 0 Å². The lowest BCUT2D eigenvalue weighted by Crippen LogP contribution is -1.94. The van der Waals surface area contributed by atoms with Gasteiger partial charge in [0.15, 0.2) is 0 Å². The molecule has 3 rings (SSSR count). The summed E-state index contributed by atoms with van der Waals surface area (Å²) in [7, 11) is 0. The molecule has 20 heavy (non-hydrogen) atoms. The van der Waals surface area contributed by atoms with Crippen molar-refractivity contribution in [2.24, 2.45) is 0 Å². The number of hydrogen-bond acceptors (Lipinski definition) is 3. The molecule has 1 aromatic carbocycles. The highest BCUT2D eigenvalue weighted by Crippen LogP contribution is 2.28. The van der Waals surface area contributed by atoms with E-state index < -0.39 is 0 Å². The minimum atomic E-state index is 0.995. The van der Waals surface area contributed by atoms with Gasteiger partial charge in [-0.25, -0.2) is 9.50 Å². The summed E-state index contributed by atoms with van der Waals surface area (Å²) in [6.45, 7) is 4.35. The molecule has 4 heteroatoms. The van der Waals surface area contributed by atoms with Crippen molar-refractivity contribution in [1.82, 2.24) is 14.6 Å². The first-order valence-electron chi connectivity index (χ1n) is 7.19. The highest BCUT2D eigenvalue weighted by atomic mass is 32.1. The summed E-state index contributed by atoms with van der Waals surface area (Å²) in [5.74, 6) is 0. The van der Waals surface area contributed by atoms with Crippen LogP contribution in [0.2, 0.25) is 0 Å². The first kappa shape index (κ1) is 13.3. The van der Waals surface area contributed by atoms with Crippen molar-refractivity contribution >= 4 is 16.3 Å². The van der Waals surface area contributed by atoms with Gasteiger partial charge in [-0.05, 0) is 25.3 Å². The molecule has 0 unspecified atom stereocenters. The Bertz CT molecular complexity index is 711. The summed E-state index contributed by atoms with van der Waals surface area (Å²) in [5.41, 5.74) is 3.70. The van der Waals surface area contributed by atoms with Gasteiger partial charge in [-0.15, -0.1) is 0 Å². The molecule has 0 spiro atoms. The van der Waals surface area contributed by atoms with E-state index in [-0.39, 0.29) is 0 Å². The van der Waals surface area contributed by atoms with Gasteiger partial charge in [0, 0.05) is 5.56 Å². The van der Waals surface area contributed by atoms with Gasteiger partial charge in [0.2, 0.25) is 4.96 Å². The fourth-order valence-electron chi connectivity index (χ4n) is 2.38. The number of hydrogen-bond donors (Lipinski definition) is 0. The molecular formula is C16H19N3S. The largest absolute Gasteiger partial charge is 0.226 e. The molecular weight excluding hydrogens is 266 g/mol. The molecule has 0 fully saturated rings. The lowest BCUT2D eigenvalue weighted by molar-refractivity contribution is 0.695. The number of nitrogens with zero attached hydrogens (tertiary/aromatic N) is 3. The predicted molar refractivity (Wildman–Crippen MR) is 84.3 cm³/mol. The molecule has 0 bridgehead atoms. The van der Waals surface area contributed by atoms with E-state index in [0.29, 0.717) is 0 Å². The lowest BCUT2D eigenvalue weighted by atomic mass is 10.1. The molecule has 2 heterocycles. The number of aromatic nitrogens is 3. The maximum Gasteiger partial charge on any atom is 0.212 e. The van der Waals surface area contributed by atoms with Crippen LogP contribution in [0.4, 0.5) is 0 Å². The van der Waals surface area contributed by atoms with Crippen LogP contribution in [0.3, 0.4) is 0 Å². The predicted octanol–water partition coefficient (Wildman–Crippen LogP) is 4.50. The average Bonchev–Trinajstić information content (AvgIpc) is 3.01. The monoisotopic (exact) mass is 285 g/mol. The zero-order chi connectivity index (χ0) is 13.9. The number of benzene rings is 1. The summed E-state index contributed by atoms with van der Waals surface area (Å²) < 4.78 is 2.02. The Morgan fingerprint density at radius 2 is 2.05 bits per heavy atom. The molecule has 0 radical (unpaired) electrons. The van der Waals surface area contributed by atoms with E-state index in [1.165, 1.54) is 36.1 Å². The van der Waals surface area contributed by atoms with Crippen molar-refractivity contribution in [2.75, 3.05) is 0 Å². The van der Waals surface area contributed by atoms with Crippen LogP contribution in [0.15, 0.2) is 30.5 Å². The van der Waals surface area contributed by atoms with Crippen molar-refractivity contribution in [3.8, 4) is 10.6 Å². The van der Waals surface area contributed by atoms with Gasteiger partial charge in [-0.3, -0.25) is 0 Å². The van der Waals surface area contributed by atoms with E-state index in [9.17, 15) is 0 Å². The summed E-state index contributed by atoms with van der Waals surface area (Å²) >= 11 is 1.67. The van der Waals surface area contributed by atoms with E-state index in [1.54, 1.807) is 11.3 Å². The van der Waals surface area contributed by atoms with E-state index in [1.807, 2.05) is 10.7 Å². The highest BCUT2D eigenvalue weighted by molar-refractivity contribution is 7.19. The number of imidazole rings is 1. The molecule has 3 nitrogen and oxygen atoms in total. The molecule has 0 saturated carbocycles. The maximum atomic E-state index is 4.76. The minimum absolute atomic E-state index is 0.995. The van der Waals surface area contributed by atoms with Crippen LogP contribution in [-0.4, -0.2) is 14.6 Å². The number of aryl methyl sites for hydroxylation is 2. The normalized spacial score (nSPS) is 11.3. The van der Waals surface area contributed by atoms with Crippen molar-refractivity contribution in [3.63, 3.8) is 0 Å². The van der Waals surface area contributed by atoms with Gasteiger partial charge in [-0.2, -0.15) is 5.10 Å². The summed E-state index contributed by atoms with van der Waals surface area (Å²) in [6.07, 6.45) is 6.75. The lowest BCUT2D eigenvalue weighted by Gasteiger charge is -2.00. The molecule has 3 aromatic rings. The van der Waals surface area contributed by atoms with Crippen molar-refractivity contribution < 1.29 is 0 Å². The summed E-state index contributed by atoms with van der Waals surface area (Å²) in [4.78, 5) is 5.49. The summed E-state index contributed by atoms with van der Waals surface area (Å²) in [6, 6.07) is 8.38. The Labute approximate surface area is 123 Å².